The number of rotatable bonds is 0. The van der Waals surface area contributed by atoms with E-state index in [4.69, 9.17) is 4.74 Å². The number of fused-ring (bicyclic) bond motifs is 3. The molecule has 0 saturated carbocycles. The Hall–Kier alpha value is -1.64. The third kappa shape index (κ3) is 0.605. The van der Waals surface area contributed by atoms with Crippen LogP contribution in [0.3, 0.4) is 0 Å². The molecule has 1 aromatic carbocycles. The fraction of sp³-hybridized carbons (Fsp3) is 0.111. The lowest BCUT2D eigenvalue weighted by Gasteiger charge is -1.94. The van der Waals surface area contributed by atoms with Crippen LogP contribution < -0.4 is 15.5 Å². The summed E-state index contributed by atoms with van der Waals surface area (Å²) < 4.78 is 5.27. The van der Waals surface area contributed by atoms with Gasteiger partial charge in [0, 0.05) is 11.8 Å². The second-order valence-corrected chi connectivity index (χ2v) is 2.73. The maximum atomic E-state index is 5.27. The Bertz CT molecular complexity index is 488. The molecule has 3 heteroatoms. The van der Waals surface area contributed by atoms with E-state index in [9.17, 15) is 0 Å². The number of benzene rings is 1. The topological polar surface area (TPSA) is 34.0 Å². The van der Waals surface area contributed by atoms with E-state index in [0.717, 1.165) is 22.0 Å². The van der Waals surface area contributed by atoms with Crippen LogP contribution in [0.4, 0.5) is 0 Å². The highest BCUT2D eigenvalue weighted by atomic mass is 16.5. The first kappa shape index (κ1) is 5.94. The fourth-order valence-electron chi connectivity index (χ4n) is 1.47. The highest BCUT2D eigenvalue weighted by molar-refractivity contribution is 5.53. The zero-order valence-electron chi connectivity index (χ0n) is 6.32. The first-order valence-electron chi connectivity index (χ1n) is 3.80. The summed E-state index contributed by atoms with van der Waals surface area (Å²) in [5, 5.41) is 1.85. The Morgan fingerprint density at radius 3 is 3.25 bits per heavy atom. The van der Waals surface area contributed by atoms with Gasteiger partial charge in [-0.1, -0.05) is 0 Å². The van der Waals surface area contributed by atoms with E-state index in [2.05, 4.69) is 9.98 Å². The van der Waals surface area contributed by atoms with Crippen molar-refractivity contribution in [2.75, 3.05) is 6.73 Å². The lowest BCUT2D eigenvalue weighted by Crippen LogP contribution is -2.24. The van der Waals surface area contributed by atoms with E-state index in [1.165, 1.54) is 0 Å². The van der Waals surface area contributed by atoms with Gasteiger partial charge in [0.2, 0.25) is 0 Å². The van der Waals surface area contributed by atoms with E-state index >= 15 is 0 Å². The Morgan fingerprint density at radius 2 is 2.25 bits per heavy atom. The first-order chi connectivity index (χ1) is 5.95. The maximum absolute atomic E-state index is 5.27. The molecule has 12 heavy (non-hydrogen) atoms. The second kappa shape index (κ2) is 1.94. The zero-order valence-corrected chi connectivity index (χ0v) is 6.32. The highest BCUT2D eigenvalue weighted by Gasteiger charge is 2.10. The molecule has 58 valence electrons. The summed E-state index contributed by atoms with van der Waals surface area (Å²) >= 11 is 0. The van der Waals surface area contributed by atoms with Crippen LogP contribution in [0, 0.1) is 0 Å². The summed E-state index contributed by atoms with van der Waals surface area (Å²) in [6.45, 7) is 0.432. The lowest BCUT2D eigenvalue weighted by atomic mass is 10.2. The van der Waals surface area contributed by atoms with E-state index in [-0.39, 0.29) is 0 Å². The SMILES string of the molecule is C1=Cc2ccc3c(c2=N1)=NCO3. The molecular formula is C9H6N2O. The van der Waals surface area contributed by atoms with E-state index < -0.39 is 0 Å². The Labute approximate surface area is 68.7 Å². The molecule has 2 heterocycles. The van der Waals surface area contributed by atoms with Crippen LogP contribution in [0.15, 0.2) is 28.3 Å². The van der Waals surface area contributed by atoms with Crippen molar-refractivity contribution in [1.82, 2.24) is 0 Å². The molecule has 0 spiro atoms. The van der Waals surface area contributed by atoms with Crippen LogP contribution in [-0.2, 0) is 0 Å². The van der Waals surface area contributed by atoms with Gasteiger partial charge in [-0.15, -0.1) is 0 Å². The third-order valence-electron chi connectivity index (χ3n) is 2.05. The fourth-order valence-corrected chi connectivity index (χ4v) is 1.47. The first-order valence-corrected chi connectivity index (χ1v) is 3.80. The van der Waals surface area contributed by atoms with Crippen molar-refractivity contribution < 1.29 is 4.74 Å². The van der Waals surface area contributed by atoms with Crippen molar-refractivity contribution in [3.63, 3.8) is 0 Å². The van der Waals surface area contributed by atoms with Gasteiger partial charge in [-0.2, -0.15) is 0 Å². The molecule has 2 aliphatic rings. The molecule has 3 rings (SSSR count). The summed E-state index contributed by atoms with van der Waals surface area (Å²) in [4.78, 5) is 8.43. The normalized spacial score (nSPS) is 16.0. The maximum Gasteiger partial charge on any atom is 0.180 e. The Balaban J connectivity index is 2.54. The minimum Gasteiger partial charge on any atom is -0.469 e. The van der Waals surface area contributed by atoms with Crippen molar-refractivity contribution in [3.8, 4) is 5.75 Å². The van der Waals surface area contributed by atoms with Gasteiger partial charge in [-0.25, -0.2) is 4.99 Å². The van der Waals surface area contributed by atoms with Gasteiger partial charge in [-0.3, -0.25) is 4.99 Å². The van der Waals surface area contributed by atoms with E-state index in [0.29, 0.717) is 6.73 Å². The van der Waals surface area contributed by atoms with Gasteiger partial charge in [0.1, 0.15) is 11.1 Å². The summed E-state index contributed by atoms with van der Waals surface area (Å²) in [6, 6.07) is 3.94. The van der Waals surface area contributed by atoms with Crippen LogP contribution in [0.1, 0.15) is 5.56 Å². The van der Waals surface area contributed by atoms with Crippen molar-refractivity contribution in [3.05, 3.63) is 34.6 Å². The molecule has 0 saturated heterocycles. The van der Waals surface area contributed by atoms with Gasteiger partial charge >= 0.3 is 0 Å². The van der Waals surface area contributed by atoms with Crippen molar-refractivity contribution in [1.29, 1.82) is 0 Å². The molecule has 0 N–H and O–H groups in total. The van der Waals surface area contributed by atoms with Gasteiger partial charge in [0.15, 0.2) is 6.73 Å². The van der Waals surface area contributed by atoms with Crippen molar-refractivity contribution >= 4 is 6.08 Å². The number of hydrogen-bond acceptors (Lipinski definition) is 3. The van der Waals surface area contributed by atoms with Gasteiger partial charge in [0.05, 0.1) is 5.36 Å². The second-order valence-electron chi connectivity index (χ2n) is 2.73. The van der Waals surface area contributed by atoms with Crippen LogP contribution in [0.2, 0.25) is 0 Å². The molecule has 0 radical (unpaired) electrons. The van der Waals surface area contributed by atoms with Crippen molar-refractivity contribution in [2.45, 2.75) is 0 Å². The predicted molar refractivity (Wildman–Crippen MR) is 43.3 cm³/mol. The molecule has 0 fully saturated rings. The average molecular weight is 158 g/mol. The molecule has 1 aromatic rings. The Kier molecular flexibility index (Phi) is 0.961. The van der Waals surface area contributed by atoms with Crippen LogP contribution in [0.25, 0.3) is 6.08 Å². The molecule has 0 atom stereocenters. The van der Waals surface area contributed by atoms with E-state index in [1.807, 2.05) is 18.2 Å². The summed E-state index contributed by atoms with van der Waals surface area (Å²) in [5.74, 6) is 0.848. The number of ether oxygens (including phenoxy) is 1. The van der Waals surface area contributed by atoms with Crippen LogP contribution in [-0.4, -0.2) is 6.73 Å². The van der Waals surface area contributed by atoms with Crippen LogP contribution >= 0.6 is 0 Å². The monoisotopic (exact) mass is 158 g/mol. The average Bonchev–Trinajstić information content (AvgIpc) is 2.71. The molecular weight excluding hydrogens is 152 g/mol. The standard InChI is InChI=1S/C9H6N2O/c1-2-7-9(11-5-12-7)8-6(1)3-4-10-8/h1-4H,5H2. The molecule has 0 aliphatic carbocycles. The van der Waals surface area contributed by atoms with Gasteiger partial charge in [0.25, 0.3) is 0 Å². The predicted octanol–water partition coefficient (Wildman–Crippen LogP) is 0.260. The summed E-state index contributed by atoms with van der Waals surface area (Å²) in [7, 11) is 0. The minimum absolute atomic E-state index is 0.432. The smallest absolute Gasteiger partial charge is 0.180 e. The molecule has 0 unspecified atom stereocenters. The summed E-state index contributed by atoms with van der Waals surface area (Å²) in [5.41, 5.74) is 1.13. The highest BCUT2D eigenvalue weighted by Crippen LogP contribution is 2.09. The number of hydrogen-bond donors (Lipinski definition) is 0. The van der Waals surface area contributed by atoms with E-state index in [1.54, 1.807) is 6.20 Å². The molecule has 0 amide bonds. The minimum atomic E-state index is 0.432. The van der Waals surface area contributed by atoms with Gasteiger partial charge < -0.3 is 4.74 Å². The quantitative estimate of drug-likeness (QED) is 0.533. The summed E-state index contributed by atoms with van der Waals surface area (Å²) in [6.07, 6.45) is 3.77. The van der Waals surface area contributed by atoms with Gasteiger partial charge in [-0.05, 0) is 18.2 Å². The molecule has 2 aliphatic heterocycles. The molecule has 3 nitrogen and oxygen atoms in total. The number of nitrogens with zero attached hydrogens (tertiary/aromatic N) is 2. The third-order valence-corrected chi connectivity index (χ3v) is 2.05. The Morgan fingerprint density at radius 1 is 1.25 bits per heavy atom. The van der Waals surface area contributed by atoms with Crippen molar-refractivity contribution in [2.24, 2.45) is 9.98 Å². The molecule has 0 aromatic heterocycles. The zero-order chi connectivity index (χ0) is 7.97. The largest absolute Gasteiger partial charge is 0.469 e. The molecule has 0 bridgehead atoms. The van der Waals surface area contributed by atoms with Crippen LogP contribution in [0.5, 0.6) is 5.75 Å². The lowest BCUT2D eigenvalue weighted by molar-refractivity contribution is 0.352.